The SMILES string of the molecule is Cc1nn(C)c(N2CCOC(C#N)C2)c1CO. The third kappa shape index (κ3) is 2.12. The minimum Gasteiger partial charge on any atom is -0.391 e. The highest BCUT2D eigenvalue weighted by molar-refractivity contribution is 5.50. The quantitative estimate of drug-likeness (QED) is 0.779. The number of nitriles is 1. The Morgan fingerprint density at radius 2 is 2.41 bits per heavy atom. The molecule has 0 amide bonds. The van der Waals surface area contributed by atoms with Gasteiger partial charge in [-0.25, -0.2) is 0 Å². The Morgan fingerprint density at radius 1 is 1.65 bits per heavy atom. The van der Waals surface area contributed by atoms with Crippen LogP contribution in [-0.4, -0.2) is 40.7 Å². The van der Waals surface area contributed by atoms with E-state index in [0.717, 1.165) is 17.1 Å². The maximum Gasteiger partial charge on any atom is 0.161 e. The van der Waals surface area contributed by atoms with Gasteiger partial charge in [-0.3, -0.25) is 4.68 Å². The van der Waals surface area contributed by atoms with Crippen molar-refractivity contribution in [2.45, 2.75) is 19.6 Å². The maximum atomic E-state index is 9.39. The summed E-state index contributed by atoms with van der Waals surface area (Å²) in [6.07, 6.45) is -0.412. The van der Waals surface area contributed by atoms with Gasteiger partial charge >= 0.3 is 0 Å². The Hall–Kier alpha value is -1.58. The lowest BCUT2D eigenvalue weighted by molar-refractivity contribution is 0.0757. The van der Waals surface area contributed by atoms with Gasteiger partial charge in [0.2, 0.25) is 0 Å². The minimum absolute atomic E-state index is 0.0381. The van der Waals surface area contributed by atoms with E-state index >= 15 is 0 Å². The van der Waals surface area contributed by atoms with Gasteiger partial charge in [-0.2, -0.15) is 10.4 Å². The van der Waals surface area contributed by atoms with Gasteiger partial charge in [-0.05, 0) is 6.92 Å². The fourth-order valence-corrected chi connectivity index (χ4v) is 2.19. The Morgan fingerprint density at radius 3 is 3.06 bits per heavy atom. The molecular weight excluding hydrogens is 220 g/mol. The van der Waals surface area contributed by atoms with Crippen molar-refractivity contribution in [1.82, 2.24) is 9.78 Å². The van der Waals surface area contributed by atoms with E-state index in [1.165, 1.54) is 0 Å². The summed E-state index contributed by atoms with van der Waals surface area (Å²) in [6, 6.07) is 2.11. The molecule has 0 saturated carbocycles. The van der Waals surface area contributed by atoms with Crippen LogP contribution in [0.4, 0.5) is 5.82 Å². The number of aryl methyl sites for hydroxylation is 2. The topological polar surface area (TPSA) is 74.3 Å². The lowest BCUT2D eigenvalue weighted by Crippen LogP contribution is -2.43. The van der Waals surface area contributed by atoms with Crippen molar-refractivity contribution in [3.05, 3.63) is 11.3 Å². The van der Waals surface area contributed by atoms with Gasteiger partial charge in [0, 0.05) is 19.2 Å². The number of hydrogen-bond donors (Lipinski definition) is 1. The van der Waals surface area contributed by atoms with Crippen LogP contribution in [0.5, 0.6) is 0 Å². The van der Waals surface area contributed by atoms with Crippen molar-refractivity contribution in [3.8, 4) is 6.07 Å². The van der Waals surface area contributed by atoms with Crippen molar-refractivity contribution in [2.75, 3.05) is 24.6 Å². The van der Waals surface area contributed by atoms with Crippen molar-refractivity contribution in [1.29, 1.82) is 5.26 Å². The van der Waals surface area contributed by atoms with Gasteiger partial charge in [0.25, 0.3) is 0 Å². The first-order chi connectivity index (χ1) is 8.17. The van der Waals surface area contributed by atoms with Crippen LogP contribution >= 0.6 is 0 Å². The molecule has 0 aromatic carbocycles. The Kier molecular flexibility index (Phi) is 3.31. The maximum absolute atomic E-state index is 9.39. The second kappa shape index (κ2) is 4.73. The van der Waals surface area contributed by atoms with E-state index in [1.807, 2.05) is 18.9 Å². The number of rotatable bonds is 2. The first-order valence-corrected chi connectivity index (χ1v) is 5.57. The van der Waals surface area contributed by atoms with Crippen LogP contribution < -0.4 is 4.90 Å². The lowest BCUT2D eigenvalue weighted by atomic mass is 10.2. The lowest BCUT2D eigenvalue weighted by Gasteiger charge is -2.31. The summed E-state index contributed by atoms with van der Waals surface area (Å²) in [5.74, 6) is 0.883. The number of nitrogens with zero attached hydrogens (tertiary/aromatic N) is 4. The van der Waals surface area contributed by atoms with Gasteiger partial charge in [-0.1, -0.05) is 0 Å². The van der Waals surface area contributed by atoms with Crippen LogP contribution in [0.1, 0.15) is 11.3 Å². The van der Waals surface area contributed by atoms with Crippen LogP contribution in [0.25, 0.3) is 0 Å². The molecule has 0 radical (unpaired) electrons. The molecular formula is C11H16N4O2. The molecule has 0 aliphatic carbocycles. The van der Waals surface area contributed by atoms with Crippen molar-refractivity contribution >= 4 is 5.82 Å². The molecule has 2 rings (SSSR count). The van der Waals surface area contributed by atoms with Crippen molar-refractivity contribution in [3.63, 3.8) is 0 Å². The number of anilines is 1. The smallest absolute Gasteiger partial charge is 0.161 e. The second-order valence-electron chi connectivity index (χ2n) is 4.10. The van der Waals surface area contributed by atoms with Gasteiger partial charge in [0.15, 0.2) is 6.10 Å². The summed E-state index contributed by atoms with van der Waals surface area (Å²) in [6.45, 7) is 3.58. The number of morpholine rings is 1. The highest BCUT2D eigenvalue weighted by Crippen LogP contribution is 2.24. The molecule has 2 heterocycles. The summed E-state index contributed by atoms with van der Waals surface area (Å²) in [5, 5.41) is 22.6. The zero-order chi connectivity index (χ0) is 12.4. The first-order valence-electron chi connectivity index (χ1n) is 5.57. The molecule has 6 heteroatoms. The molecule has 1 aromatic rings. The normalized spacial score (nSPS) is 20.4. The third-order valence-electron chi connectivity index (χ3n) is 2.98. The highest BCUT2D eigenvalue weighted by atomic mass is 16.5. The zero-order valence-corrected chi connectivity index (χ0v) is 10.1. The molecule has 1 aliphatic rings. The monoisotopic (exact) mass is 236 g/mol. The first kappa shape index (κ1) is 11.9. The van der Waals surface area contributed by atoms with E-state index in [2.05, 4.69) is 11.2 Å². The fourth-order valence-electron chi connectivity index (χ4n) is 2.19. The highest BCUT2D eigenvalue weighted by Gasteiger charge is 2.25. The van der Waals surface area contributed by atoms with E-state index in [0.29, 0.717) is 19.7 Å². The van der Waals surface area contributed by atoms with Gasteiger partial charge < -0.3 is 14.7 Å². The summed E-state index contributed by atoms with van der Waals surface area (Å²) in [5.41, 5.74) is 1.65. The number of ether oxygens (including phenoxy) is 1. The average Bonchev–Trinajstić information content (AvgIpc) is 2.63. The Bertz CT molecular complexity index is 449. The molecule has 17 heavy (non-hydrogen) atoms. The summed E-state index contributed by atoms with van der Waals surface area (Å²) in [4.78, 5) is 2.04. The fraction of sp³-hybridized carbons (Fsp3) is 0.636. The predicted octanol–water partition coefficient (Wildman–Crippen LogP) is -0.0504. The predicted molar refractivity (Wildman–Crippen MR) is 61.4 cm³/mol. The van der Waals surface area contributed by atoms with Crippen LogP contribution in [0.2, 0.25) is 0 Å². The zero-order valence-electron chi connectivity index (χ0n) is 10.1. The standard InChI is InChI=1S/C11H16N4O2/c1-8-10(7-16)11(14(2)13-8)15-3-4-17-9(5-12)6-15/h9,16H,3-4,6-7H2,1-2H3. The third-order valence-corrected chi connectivity index (χ3v) is 2.98. The largest absolute Gasteiger partial charge is 0.391 e. The van der Waals surface area contributed by atoms with Crippen LogP contribution in [-0.2, 0) is 18.4 Å². The van der Waals surface area contributed by atoms with Crippen LogP contribution in [0.15, 0.2) is 0 Å². The molecule has 6 nitrogen and oxygen atoms in total. The minimum atomic E-state index is -0.412. The van der Waals surface area contributed by atoms with E-state index in [1.54, 1.807) is 4.68 Å². The Labute approximate surface area is 100 Å². The van der Waals surface area contributed by atoms with E-state index < -0.39 is 6.10 Å². The van der Waals surface area contributed by atoms with Crippen LogP contribution in [0, 0.1) is 18.3 Å². The molecule has 1 N–H and O–H groups in total. The molecule has 92 valence electrons. The number of hydrogen-bond acceptors (Lipinski definition) is 5. The Balaban J connectivity index is 2.30. The summed E-state index contributed by atoms with van der Waals surface area (Å²) < 4.78 is 7.05. The van der Waals surface area contributed by atoms with Crippen molar-refractivity contribution < 1.29 is 9.84 Å². The number of aromatic nitrogens is 2. The van der Waals surface area contributed by atoms with E-state index in [-0.39, 0.29) is 6.61 Å². The van der Waals surface area contributed by atoms with Gasteiger partial charge in [0.1, 0.15) is 5.82 Å². The molecule has 1 atom stereocenters. The summed E-state index contributed by atoms with van der Waals surface area (Å²) in [7, 11) is 1.85. The van der Waals surface area contributed by atoms with E-state index in [4.69, 9.17) is 10.00 Å². The molecule has 1 unspecified atom stereocenters. The van der Waals surface area contributed by atoms with E-state index in [9.17, 15) is 5.11 Å². The molecule has 0 spiro atoms. The molecule has 1 saturated heterocycles. The van der Waals surface area contributed by atoms with Gasteiger partial charge in [-0.15, -0.1) is 0 Å². The van der Waals surface area contributed by atoms with Crippen LogP contribution in [0.3, 0.4) is 0 Å². The molecule has 1 aromatic heterocycles. The number of aliphatic hydroxyl groups is 1. The average molecular weight is 236 g/mol. The molecule has 1 aliphatic heterocycles. The second-order valence-corrected chi connectivity index (χ2v) is 4.10. The van der Waals surface area contributed by atoms with Crippen molar-refractivity contribution in [2.24, 2.45) is 7.05 Å². The number of aliphatic hydroxyl groups excluding tert-OH is 1. The summed E-state index contributed by atoms with van der Waals surface area (Å²) >= 11 is 0. The molecule has 1 fully saturated rings. The molecule has 0 bridgehead atoms. The van der Waals surface area contributed by atoms with Gasteiger partial charge in [0.05, 0.1) is 31.5 Å².